The third kappa shape index (κ3) is 2.70. The standard InChI is InChI=1S/C8H6F4N2O3/c9-5-2-4(8(10,11)12)6(14(16)17)1-3(5)7(13)15/h1-2,14,16H,(H2,13,15). The summed E-state index contributed by atoms with van der Waals surface area (Å²) in [4.78, 5) is 10.7. The monoisotopic (exact) mass is 254 g/mol. The van der Waals surface area contributed by atoms with Crippen LogP contribution in [0.15, 0.2) is 12.1 Å². The van der Waals surface area contributed by atoms with Crippen molar-refractivity contribution < 1.29 is 32.8 Å². The van der Waals surface area contributed by atoms with Crippen molar-refractivity contribution in [2.75, 3.05) is 0 Å². The van der Waals surface area contributed by atoms with Gasteiger partial charge in [0.15, 0.2) is 5.69 Å². The van der Waals surface area contributed by atoms with Gasteiger partial charge in [-0.3, -0.25) is 4.79 Å². The van der Waals surface area contributed by atoms with Gasteiger partial charge in [-0.2, -0.15) is 18.4 Å². The highest BCUT2D eigenvalue weighted by Gasteiger charge is 2.38. The molecule has 1 unspecified atom stereocenters. The molecule has 4 N–H and O–H groups in total. The zero-order valence-corrected chi connectivity index (χ0v) is 8.01. The summed E-state index contributed by atoms with van der Waals surface area (Å²) < 4.78 is 50.2. The van der Waals surface area contributed by atoms with Crippen molar-refractivity contribution in [3.8, 4) is 0 Å². The molecular formula is C8H6F4N2O3. The third-order valence-corrected chi connectivity index (χ3v) is 1.91. The number of quaternary nitrogens is 1. The predicted octanol–water partition coefficient (Wildman–Crippen LogP) is 0.347. The largest absolute Gasteiger partial charge is 0.595 e. The van der Waals surface area contributed by atoms with Gasteiger partial charge in [0.05, 0.1) is 5.56 Å². The van der Waals surface area contributed by atoms with E-state index in [9.17, 15) is 27.6 Å². The van der Waals surface area contributed by atoms with E-state index >= 15 is 0 Å². The lowest BCUT2D eigenvalue weighted by Gasteiger charge is -2.18. The maximum atomic E-state index is 13.1. The molecule has 1 amide bonds. The highest BCUT2D eigenvalue weighted by atomic mass is 19.4. The normalized spacial score (nSPS) is 13.5. The van der Waals surface area contributed by atoms with Crippen molar-refractivity contribution in [2.24, 2.45) is 5.73 Å². The highest BCUT2D eigenvalue weighted by molar-refractivity contribution is 5.93. The van der Waals surface area contributed by atoms with Crippen LogP contribution in [0.2, 0.25) is 0 Å². The van der Waals surface area contributed by atoms with Gasteiger partial charge in [0.1, 0.15) is 11.4 Å². The maximum absolute atomic E-state index is 13.1. The number of rotatable bonds is 2. The topological polar surface area (TPSA) is 90.8 Å². The second-order valence-corrected chi connectivity index (χ2v) is 3.04. The summed E-state index contributed by atoms with van der Waals surface area (Å²) in [5, 5.41) is 17.2. The average Bonchev–Trinajstić information content (AvgIpc) is 2.14. The van der Waals surface area contributed by atoms with Gasteiger partial charge in [0.25, 0.3) is 5.91 Å². The maximum Gasteiger partial charge on any atom is 0.422 e. The molecule has 9 heteroatoms. The van der Waals surface area contributed by atoms with Crippen molar-refractivity contribution in [1.82, 2.24) is 0 Å². The smallest absolute Gasteiger partial charge is 0.422 e. The van der Waals surface area contributed by atoms with Gasteiger partial charge in [-0.05, 0) is 6.07 Å². The SMILES string of the molecule is NC(=O)c1cc([NH+]([O-])O)c(C(F)(F)F)cc1F. The number of halogens is 4. The van der Waals surface area contributed by atoms with Crippen LogP contribution in [0, 0.1) is 11.0 Å². The number of carbonyl (C=O) groups is 1. The fraction of sp³-hybridized carbons (Fsp3) is 0.125. The lowest BCUT2D eigenvalue weighted by atomic mass is 10.1. The van der Waals surface area contributed by atoms with Crippen molar-refractivity contribution in [3.63, 3.8) is 0 Å². The summed E-state index contributed by atoms with van der Waals surface area (Å²) in [5.74, 6) is -2.87. The van der Waals surface area contributed by atoms with Crippen LogP contribution in [-0.2, 0) is 6.18 Å². The van der Waals surface area contributed by atoms with E-state index < -0.39 is 39.9 Å². The Labute approximate surface area is 91.6 Å². The summed E-state index contributed by atoms with van der Waals surface area (Å²) in [6.45, 7) is 0. The Morgan fingerprint density at radius 2 is 1.94 bits per heavy atom. The minimum absolute atomic E-state index is 0.0659. The first-order valence-electron chi connectivity index (χ1n) is 4.08. The number of hydrogen-bond donors (Lipinski definition) is 3. The Morgan fingerprint density at radius 1 is 1.41 bits per heavy atom. The molecule has 1 atom stereocenters. The van der Waals surface area contributed by atoms with E-state index in [4.69, 9.17) is 5.21 Å². The van der Waals surface area contributed by atoms with Gasteiger partial charge in [-0.15, -0.1) is 0 Å². The number of amides is 1. The molecular weight excluding hydrogens is 248 g/mol. The van der Waals surface area contributed by atoms with Crippen LogP contribution in [0.1, 0.15) is 15.9 Å². The quantitative estimate of drug-likeness (QED) is 0.525. The van der Waals surface area contributed by atoms with Gasteiger partial charge in [-0.25, -0.2) is 9.60 Å². The molecule has 0 saturated heterocycles. The van der Waals surface area contributed by atoms with E-state index in [0.717, 1.165) is 0 Å². The van der Waals surface area contributed by atoms with E-state index in [-0.39, 0.29) is 12.1 Å². The second-order valence-electron chi connectivity index (χ2n) is 3.04. The van der Waals surface area contributed by atoms with Gasteiger partial charge < -0.3 is 10.9 Å². The number of alkyl halides is 3. The van der Waals surface area contributed by atoms with Gasteiger partial charge in [-0.1, -0.05) is 0 Å². The summed E-state index contributed by atoms with van der Waals surface area (Å²) in [7, 11) is 0. The minimum atomic E-state index is -5.04. The van der Waals surface area contributed by atoms with Gasteiger partial charge in [0, 0.05) is 6.07 Å². The average molecular weight is 254 g/mol. The Bertz CT molecular complexity index is 459. The molecule has 0 heterocycles. The molecule has 0 aliphatic heterocycles. The van der Waals surface area contributed by atoms with Gasteiger partial charge >= 0.3 is 6.18 Å². The molecule has 0 radical (unpaired) electrons. The number of hydrogen-bond acceptors (Lipinski definition) is 3. The zero-order valence-electron chi connectivity index (χ0n) is 8.01. The highest BCUT2D eigenvalue weighted by Crippen LogP contribution is 2.34. The summed E-state index contributed by atoms with van der Waals surface area (Å²) >= 11 is 0. The first-order valence-corrected chi connectivity index (χ1v) is 4.08. The molecule has 0 aromatic heterocycles. The number of nitrogens with two attached hydrogens (primary N) is 1. The molecule has 1 rings (SSSR count). The Kier molecular flexibility index (Phi) is 3.36. The van der Waals surface area contributed by atoms with Crippen LogP contribution in [0.4, 0.5) is 23.2 Å². The van der Waals surface area contributed by atoms with Crippen molar-refractivity contribution in [1.29, 1.82) is 0 Å². The second kappa shape index (κ2) is 4.28. The fourth-order valence-electron chi connectivity index (χ4n) is 1.17. The lowest BCUT2D eigenvalue weighted by Crippen LogP contribution is -2.99. The molecule has 0 aliphatic carbocycles. The lowest BCUT2D eigenvalue weighted by molar-refractivity contribution is -0.991. The van der Waals surface area contributed by atoms with Crippen LogP contribution in [0.25, 0.3) is 0 Å². The minimum Gasteiger partial charge on any atom is -0.595 e. The molecule has 0 aliphatic rings. The fourth-order valence-corrected chi connectivity index (χ4v) is 1.17. The van der Waals surface area contributed by atoms with E-state index in [0.29, 0.717) is 0 Å². The molecule has 1 aromatic rings. The summed E-state index contributed by atoms with van der Waals surface area (Å²) in [5.41, 5.74) is 0.880. The van der Waals surface area contributed by atoms with Crippen LogP contribution >= 0.6 is 0 Å². The summed E-state index contributed by atoms with van der Waals surface area (Å²) in [6.07, 6.45) is -5.04. The van der Waals surface area contributed by atoms with Crippen LogP contribution in [0.5, 0.6) is 0 Å². The molecule has 5 nitrogen and oxygen atoms in total. The Hall–Kier alpha value is -1.71. The van der Waals surface area contributed by atoms with E-state index in [1.165, 1.54) is 0 Å². The third-order valence-electron chi connectivity index (χ3n) is 1.91. The molecule has 1 aromatic carbocycles. The van der Waals surface area contributed by atoms with Gasteiger partial charge in [0.2, 0.25) is 0 Å². The van der Waals surface area contributed by atoms with Crippen LogP contribution in [-0.4, -0.2) is 11.1 Å². The first-order chi connectivity index (χ1) is 7.64. The predicted molar refractivity (Wildman–Crippen MR) is 45.7 cm³/mol. The molecule has 0 fully saturated rings. The van der Waals surface area contributed by atoms with Crippen molar-refractivity contribution in [2.45, 2.75) is 6.18 Å². The molecule has 17 heavy (non-hydrogen) atoms. The van der Waals surface area contributed by atoms with Crippen LogP contribution in [0.3, 0.4) is 0 Å². The van der Waals surface area contributed by atoms with E-state index in [1.54, 1.807) is 0 Å². The van der Waals surface area contributed by atoms with Crippen LogP contribution < -0.4 is 11.0 Å². The number of carbonyl (C=O) groups excluding carboxylic acids is 1. The van der Waals surface area contributed by atoms with Crippen molar-refractivity contribution >= 4 is 11.6 Å². The molecule has 94 valence electrons. The first kappa shape index (κ1) is 13.4. The number of benzene rings is 1. The van der Waals surface area contributed by atoms with Crippen molar-refractivity contribution in [3.05, 3.63) is 34.3 Å². The van der Waals surface area contributed by atoms with E-state index in [1.807, 2.05) is 0 Å². The zero-order chi connectivity index (χ0) is 13.4. The molecule has 0 bridgehead atoms. The molecule has 0 spiro atoms. The summed E-state index contributed by atoms with van der Waals surface area (Å²) in [6, 6.07) is 0.201. The number of nitrogens with one attached hydrogen (secondary N) is 1. The Balaban J connectivity index is 3.53. The Morgan fingerprint density at radius 3 is 2.29 bits per heavy atom. The number of primary amides is 1. The van der Waals surface area contributed by atoms with E-state index in [2.05, 4.69) is 5.73 Å². The molecule has 0 saturated carbocycles.